The van der Waals surface area contributed by atoms with Gasteiger partial charge in [-0.15, -0.1) is 0 Å². The minimum Gasteiger partial charge on any atom is -0.450 e. The van der Waals surface area contributed by atoms with Crippen molar-refractivity contribution in [3.05, 3.63) is 45.4 Å². The fourth-order valence-corrected chi connectivity index (χ4v) is 3.84. The summed E-state index contributed by atoms with van der Waals surface area (Å²) >= 11 is 7.51. The molecule has 1 N–H and O–H groups in total. The van der Waals surface area contributed by atoms with E-state index in [9.17, 15) is 9.59 Å². The van der Waals surface area contributed by atoms with E-state index in [1.54, 1.807) is 17.9 Å². The maximum Gasteiger partial charge on any atom is 0.413 e. The first-order valence-electron chi connectivity index (χ1n) is 8.00. The van der Waals surface area contributed by atoms with Crippen LogP contribution >= 0.6 is 22.9 Å². The van der Waals surface area contributed by atoms with Crippen LogP contribution in [0.5, 0.6) is 0 Å². The Morgan fingerprint density at radius 2 is 2.20 bits per heavy atom. The maximum atomic E-state index is 12.6. The number of rotatable bonds is 4. The largest absolute Gasteiger partial charge is 0.450 e. The molecule has 8 heteroatoms. The van der Waals surface area contributed by atoms with Crippen molar-refractivity contribution in [3.8, 4) is 0 Å². The van der Waals surface area contributed by atoms with Crippen LogP contribution in [0.2, 0.25) is 5.02 Å². The Kier molecular flexibility index (Phi) is 5.55. The molecule has 2 aromatic rings. The van der Waals surface area contributed by atoms with E-state index in [0.717, 1.165) is 16.1 Å². The highest BCUT2D eigenvalue weighted by Gasteiger charge is 2.25. The van der Waals surface area contributed by atoms with Crippen LogP contribution in [0.15, 0.2) is 24.3 Å². The third-order valence-electron chi connectivity index (χ3n) is 3.87. The molecule has 132 valence electrons. The standard InChI is InChI=1S/C17H18ClN3O3S/c1-2-24-17(23)20-16-19-13-7-8-21(10-14(13)25-16)15(22)9-11-5-3-4-6-12(11)18/h3-6H,2,7-10H2,1H3,(H,19,20,23). The molecule has 6 nitrogen and oxygen atoms in total. The second-order valence-corrected chi connectivity index (χ2v) is 7.06. The lowest BCUT2D eigenvalue weighted by atomic mass is 10.1. The molecule has 0 unspecified atom stereocenters. The molecular weight excluding hydrogens is 362 g/mol. The summed E-state index contributed by atoms with van der Waals surface area (Å²) in [5, 5.41) is 3.72. The molecule has 0 fully saturated rings. The molecular formula is C17H18ClN3O3S. The molecule has 1 aliphatic rings. The van der Waals surface area contributed by atoms with E-state index in [-0.39, 0.29) is 12.3 Å². The van der Waals surface area contributed by atoms with Gasteiger partial charge >= 0.3 is 6.09 Å². The Bertz CT molecular complexity index is 793. The van der Waals surface area contributed by atoms with Crippen LogP contribution in [0.4, 0.5) is 9.93 Å². The van der Waals surface area contributed by atoms with Gasteiger partial charge in [0.1, 0.15) is 0 Å². The topological polar surface area (TPSA) is 71.5 Å². The molecule has 0 radical (unpaired) electrons. The van der Waals surface area contributed by atoms with Crippen molar-refractivity contribution < 1.29 is 14.3 Å². The van der Waals surface area contributed by atoms with Crippen molar-refractivity contribution in [3.63, 3.8) is 0 Å². The summed E-state index contributed by atoms with van der Waals surface area (Å²) in [4.78, 5) is 31.3. The van der Waals surface area contributed by atoms with E-state index >= 15 is 0 Å². The van der Waals surface area contributed by atoms with Gasteiger partial charge in [0, 0.05) is 22.9 Å². The number of thiazole rings is 1. The molecule has 3 rings (SSSR count). The van der Waals surface area contributed by atoms with Crippen molar-refractivity contribution in [2.45, 2.75) is 26.3 Å². The van der Waals surface area contributed by atoms with Gasteiger partial charge in [-0.25, -0.2) is 9.78 Å². The first-order chi connectivity index (χ1) is 12.1. The number of benzene rings is 1. The summed E-state index contributed by atoms with van der Waals surface area (Å²) < 4.78 is 4.85. The third-order valence-corrected chi connectivity index (χ3v) is 5.23. The summed E-state index contributed by atoms with van der Waals surface area (Å²) in [6, 6.07) is 7.37. The van der Waals surface area contributed by atoms with Gasteiger partial charge in [-0.2, -0.15) is 0 Å². The van der Waals surface area contributed by atoms with Crippen LogP contribution < -0.4 is 5.32 Å². The van der Waals surface area contributed by atoms with Gasteiger partial charge in [-0.1, -0.05) is 41.1 Å². The summed E-state index contributed by atoms with van der Waals surface area (Å²) in [5.74, 6) is 0.0343. The zero-order chi connectivity index (χ0) is 17.8. The zero-order valence-corrected chi connectivity index (χ0v) is 15.3. The van der Waals surface area contributed by atoms with Crippen LogP contribution in [-0.4, -0.2) is 35.0 Å². The van der Waals surface area contributed by atoms with Gasteiger partial charge in [0.25, 0.3) is 0 Å². The lowest BCUT2D eigenvalue weighted by Crippen LogP contribution is -2.36. The van der Waals surface area contributed by atoms with Crippen LogP contribution in [-0.2, 0) is 28.9 Å². The predicted octanol–water partition coefficient (Wildman–Crippen LogP) is 3.49. The summed E-state index contributed by atoms with van der Waals surface area (Å²) in [7, 11) is 0. The monoisotopic (exact) mass is 379 g/mol. The van der Waals surface area contributed by atoms with Gasteiger partial charge in [-0.05, 0) is 18.6 Å². The Hall–Kier alpha value is -2.12. The number of fused-ring (bicyclic) bond motifs is 1. The molecule has 1 aromatic heterocycles. The van der Waals surface area contributed by atoms with Crippen molar-refractivity contribution in [1.29, 1.82) is 0 Å². The second kappa shape index (κ2) is 7.84. The molecule has 1 aromatic carbocycles. The Balaban J connectivity index is 1.64. The normalized spacial score (nSPS) is 13.3. The Labute approximate surface area is 154 Å². The van der Waals surface area contributed by atoms with E-state index in [4.69, 9.17) is 16.3 Å². The summed E-state index contributed by atoms with van der Waals surface area (Å²) in [5.41, 5.74) is 1.76. The lowest BCUT2D eigenvalue weighted by Gasteiger charge is -2.26. The van der Waals surface area contributed by atoms with Crippen LogP contribution in [0.1, 0.15) is 23.1 Å². The van der Waals surface area contributed by atoms with E-state index < -0.39 is 6.09 Å². The number of aromatic nitrogens is 1. The van der Waals surface area contributed by atoms with Crippen molar-refractivity contribution in [2.75, 3.05) is 18.5 Å². The molecule has 1 aliphatic heterocycles. The van der Waals surface area contributed by atoms with Crippen LogP contribution in [0.3, 0.4) is 0 Å². The number of nitrogens with one attached hydrogen (secondary N) is 1. The third kappa shape index (κ3) is 4.29. The van der Waals surface area contributed by atoms with E-state index in [0.29, 0.717) is 36.3 Å². The van der Waals surface area contributed by atoms with Gasteiger partial charge < -0.3 is 9.64 Å². The smallest absolute Gasteiger partial charge is 0.413 e. The quantitative estimate of drug-likeness (QED) is 0.882. The minimum absolute atomic E-state index is 0.0343. The molecule has 0 aliphatic carbocycles. The van der Waals surface area contributed by atoms with Gasteiger partial charge in [0.15, 0.2) is 5.13 Å². The van der Waals surface area contributed by atoms with E-state index in [1.165, 1.54) is 11.3 Å². The zero-order valence-electron chi connectivity index (χ0n) is 13.8. The van der Waals surface area contributed by atoms with E-state index in [1.807, 2.05) is 18.2 Å². The summed E-state index contributed by atoms with van der Waals surface area (Å²) in [6.07, 6.45) is 0.437. The molecule has 2 heterocycles. The minimum atomic E-state index is -0.514. The first-order valence-corrected chi connectivity index (χ1v) is 9.19. The first kappa shape index (κ1) is 17.7. The van der Waals surface area contributed by atoms with Gasteiger partial charge in [0.2, 0.25) is 5.91 Å². The molecule has 0 saturated carbocycles. The second-order valence-electron chi connectivity index (χ2n) is 5.57. The number of carbonyl (C=O) groups excluding carboxylic acids is 2. The van der Waals surface area contributed by atoms with Crippen molar-refractivity contribution in [2.24, 2.45) is 0 Å². The fraction of sp³-hybridized carbons (Fsp3) is 0.353. The number of ether oxygens (including phenoxy) is 1. The average molecular weight is 380 g/mol. The Morgan fingerprint density at radius 1 is 1.40 bits per heavy atom. The number of hydrogen-bond donors (Lipinski definition) is 1. The number of hydrogen-bond acceptors (Lipinski definition) is 5. The lowest BCUT2D eigenvalue weighted by molar-refractivity contribution is -0.131. The number of carbonyl (C=O) groups is 2. The Morgan fingerprint density at radius 3 is 2.96 bits per heavy atom. The van der Waals surface area contributed by atoms with Crippen molar-refractivity contribution in [1.82, 2.24) is 9.88 Å². The van der Waals surface area contributed by atoms with Crippen molar-refractivity contribution >= 4 is 40.1 Å². The molecule has 0 atom stereocenters. The number of anilines is 1. The highest BCUT2D eigenvalue weighted by Crippen LogP contribution is 2.29. The molecule has 0 bridgehead atoms. The molecule has 0 spiro atoms. The molecule has 0 saturated heterocycles. The van der Waals surface area contributed by atoms with Gasteiger partial charge in [0.05, 0.1) is 25.3 Å². The fourth-order valence-electron chi connectivity index (χ4n) is 2.63. The van der Waals surface area contributed by atoms with Gasteiger partial charge in [-0.3, -0.25) is 10.1 Å². The SMILES string of the molecule is CCOC(=O)Nc1nc2c(s1)CN(C(=O)Cc1ccccc1Cl)CC2. The number of amides is 2. The predicted molar refractivity (Wildman–Crippen MR) is 97.0 cm³/mol. The number of halogens is 1. The van der Waals surface area contributed by atoms with Crippen LogP contribution in [0, 0.1) is 0 Å². The highest BCUT2D eigenvalue weighted by molar-refractivity contribution is 7.15. The molecule has 2 amide bonds. The average Bonchev–Trinajstić information content (AvgIpc) is 2.98. The van der Waals surface area contributed by atoms with E-state index in [2.05, 4.69) is 10.3 Å². The van der Waals surface area contributed by atoms with Crippen LogP contribution in [0.25, 0.3) is 0 Å². The molecule has 25 heavy (non-hydrogen) atoms. The summed E-state index contributed by atoms with van der Waals surface area (Å²) in [6.45, 7) is 3.16. The maximum absolute atomic E-state index is 12.6. The highest BCUT2D eigenvalue weighted by atomic mass is 35.5. The number of nitrogens with zero attached hydrogens (tertiary/aromatic N) is 2.